The van der Waals surface area contributed by atoms with E-state index in [1.54, 1.807) is 0 Å². The highest BCUT2D eigenvalue weighted by atomic mass is 14.9. The highest BCUT2D eigenvalue weighted by Gasteiger charge is 2.08. The zero-order valence-electron chi connectivity index (χ0n) is 9.24. The fourth-order valence-corrected chi connectivity index (χ4v) is 2.27. The van der Waals surface area contributed by atoms with Crippen molar-refractivity contribution in [3.63, 3.8) is 0 Å². The number of fused-ring (bicyclic) bond motifs is 1. The maximum absolute atomic E-state index is 3.47. The SMILES string of the molecule is c1ccc(-c2ccc3c(c2)NCCC3)cc1. The Labute approximate surface area is 96.1 Å². The van der Waals surface area contributed by atoms with E-state index in [1.165, 1.54) is 35.2 Å². The van der Waals surface area contributed by atoms with Crippen LogP contribution < -0.4 is 5.32 Å². The summed E-state index contributed by atoms with van der Waals surface area (Å²) in [6, 6.07) is 17.3. The van der Waals surface area contributed by atoms with E-state index in [2.05, 4.69) is 53.8 Å². The normalized spacial score (nSPS) is 14.0. The van der Waals surface area contributed by atoms with Gasteiger partial charge in [-0.25, -0.2) is 0 Å². The van der Waals surface area contributed by atoms with Gasteiger partial charge < -0.3 is 5.32 Å². The molecule has 1 heteroatoms. The molecule has 1 nitrogen and oxygen atoms in total. The molecule has 0 radical (unpaired) electrons. The number of anilines is 1. The summed E-state index contributed by atoms with van der Waals surface area (Å²) >= 11 is 0. The maximum Gasteiger partial charge on any atom is 0.0378 e. The van der Waals surface area contributed by atoms with Crippen molar-refractivity contribution in [1.82, 2.24) is 0 Å². The summed E-state index contributed by atoms with van der Waals surface area (Å²) in [5.74, 6) is 0. The monoisotopic (exact) mass is 209 g/mol. The van der Waals surface area contributed by atoms with Crippen LogP contribution in [0.25, 0.3) is 11.1 Å². The summed E-state index contributed by atoms with van der Waals surface area (Å²) in [5.41, 5.74) is 5.35. The second-order valence-corrected chi connectivity index (χ2v) is 4.27. The van der Waals surface area contributed by atoms with E-state index < -0.39 is 0 Å². The molecule has 3 rings (SSSR count). The topological polar surface area (TPSA) is 12.0 Å². The summed E-state index contributed by atoms with van der Waals surface area (Å²) < 4.78 is 0. The summed E-state index contributed by atoms with van der Waals surface area (Å²) in [6.45, 7) is 1.10. The lowest BCUT2D eigenvalue weighted by Crippen LogP contribution is -2.11. The number of hydrogen-bond donors (Lipinski definition) is 1. The van der Waals surface area contributed by atoms with Gasteiger partial charge in [-0.2, -0.15) is 0 Å². The molecule has 0 atom stereocenters. The van der Waals surface area contributed by atoms with Crippen LogP contribution in [0.1, 0.15) is 12.0 Å². The number of nitrogens with one attached hydrogen (secondary N) is 1. The van der Waals surface area contributed by atoms with E-state index in [-0.39, 0.29) is 0 Å². The quantitative estimate of drug-likeness (QED) is 0.755. The number of benzene rings is 2. The molecule has 1 heterocycles. The molecule has 16 heavy (non-hydrogen) atoms. The molecule has 0 spiro atoms. The zero-order chi connectivity index (χ0) is 10.8. The van der Waals surface area contributed by atoms with E-state index in [4.69, 9.17) is 0 Å². The minimum Gasteiger partial charge on any atom is -0.385 e. The zero-order valence-corrected chi connectivity index (χ0v) is 9.24. The van der Waals surface area contributed by atoms with Gasteiger partial charge in [0.2, 0.25) is 0 Å². The van der Waals surface area contributed by atoms with Crippen LogP contribution in [0, 0.1) is 0 Å². The Hall–Kier alpha value is -1.76. The first kappa shape index (κ1) is 9.46. The Bertz CT molecular complexity index is 488. The van der Waals surface area contributed by atoms with Crippen molar-refractivity contribution in [3.8, 4) is 11.1 Å². The highest BCUT2D eigenvalue weighted by molar-refractivity contribution is 5.70. The van der Waals surface area contributed by atoms with Crippen LogP contribution in [0.2, 0.25) is 0 Å². The van der Waals surface area contributed by atoms with E-state index in [0.29, 0.717) is 0 Å². The van der Waals surface area contributed by atoms with Gasteiger partial charge in [0.05, 0.1) is 0 Å². The predicted octanol–water partition coefficient (Wildman–Crippen LogP) is 3.71. The number of rotatable bonds is 1. The molecule has 0 aromatic heterocycles. The number of aryl methyl sites for hydroxylation is 1. The second kappa shape index (κ2) is 4.01. The van der Waals surface area contributed by atoms with Gasteiger partial charge in [-0.05, 0) is 35.6 Å². The maximum atomic E-state index is 3.47. The average molecular weight is 209 g/mol. The average Bonchev–Trinajstić information content (AvgIpc) is 2.39. The molecule has 1 aliphatic heterocycles. The van der Waals surface area contributed by atoms with Crippen LogP contribution in [-0.2, 0) is 6.42 Å². The molecule has 0 fully saturated rings. The largest absolute Gasteiger partial charge is 0.385 e. The molecule has 0 bridgehead atoms. The summed E-state index contributed by atoms with van der Waals surface area (Å²) in [5, 5.41) is 3.47. The van der Waals surface area contributed by atoms with Crippen LogP contribution in [0.4, 0.5) is 5.69 Å². The molecule has 0 amide bonds. The van der Waals surface area contributed by atoms with Gasteiger partial charge in [-0.1, -0.05) is 42.5 Å². The van der Waals surface area contributed by atoms with Gasteiger partial charge in [-0.15, -0.1) is 0 Å². The number of hydrogen-bond acceptors (Lipinski definition) is 1. The lowest BCUT2D eigenvalue weighted by Gasteiger charge is -2.18. The summed E-state index contributed by atoms with van der Waals surface area (Å²) in [4.78, 5) is 0. The van der Waals surface area contributed by atoms with E-state index >= 15 is 0 Å². The third-order valence-electron chi connectivity index (χ3n) is 3.16. The summed E-state index contributed by atoms with van der Waals surface area (Å²) in [7, 11) is 0. The molecule has 80 valence electrons. The first-order valence-electron chi connectivity index (χ1n) is 5.86. The Morgan fingerprint density at radius 3 is 2.62 bits per heavy atom. The molecular weight excluding hydrogens is 194 g/mol. The molecule has 0 saturated carbocycles. The highest BCUT2D eigenvalue weighted by Crippen LogP contribution is 2.28. The van der Waals surface area contributed by atoms with Gasteiger partial charge in [0.25, 0.3) is 0 Å². The van der Waals surface area contributed by atoms with Crippen molar-refractivity contribution in [2.24, 2.45) is 0 Å². The van der Waals surface area contributed by atoms with Gasteiger partial charge in [0.15, 0.2) is 0 Å². The molecule has 0 unspecified atom stereocenters. The molecule has 0 aliphatic carbocycles. The molecule has 2 aromatic carbocycles. The van der Waals surface area contributed by atoms with Crippen LogP contribution in [0.15, 0.2) is 48.5 Å². The fourth-order valence-electron chi connectivity index (χ4n) is 2.27. The third-order valence-corrected chi connectivity index (χ3v) is 3.16. The minimum atomic E-state index is 1.10. The van der Waals surface area contributed by atoms with E-state index in [9.17, 15) is 0 Å². The Morgan fingerprint density at radius 2 is 1.75 bits per heavy atom. The van der Waals surface area contributed by atoms with Crippen molar-refractivity contribution in [2.45, 2.75) is 12.8 Å². The smallest absolute Gasteiger partial charge is 0.0378 e. The standard InChI is InChI=1S/C15H15N/c1-2-5-12(6-3-1)14-9-8-13-7-4-10-16-15(13)11-14/h1-3,5-6,8-9,11,16H,4,7,10H2. The van der Waals surface area contributed by atoms with Gasteiger partial charge in [-0.3, -0.25) is 0 Å². The third kappa shape index (κ3) is 1.69. The Kier molecular flexibility index (Phi) is 2.37. The van der Waals surface area contributed by atoms with Crippen molar-refractivity contribution < 1.29 is 0 Å². The predicted molar refractivity (Wildman–Crippen MR) is 68.7 cm³/mol. The molecule has 2 aromatic rings. The van der Waals surface area contributed by atoms with Gasteiger partial charge >= 0.3 is 0 Å². The van der Waals surface area contributed by atoms with E-state index in [0.717, 1.165) is 6.54 Å². The lowest BCUT2D eigenvalue weighted by molar-refractivity contribution is 0.830. The van der Waals surface area contributed by atoms with Crippen LogP contribution in [0.5, 0.6) is 0 Å². The Balaban J connectivity index is 2.03. The van der Waals surface area contributed by atoms with Crippen molar-refractivity contribution in [2.75, 3.05) is 11.9 Å². The lowest BCUT2D eigenvalue weighted by atomic mass is 9.98. The minimum absolute atomic E-state index is 1.10. The molecule has 0 saturated heterocycles. The van der Waals surface area contributed by atoms with Gasteiger partial charge in [0.1, 0.15) is 0 Å². The molecular formula is C15H15N. The van der Waals surface area contributed by atoms with Crippen LogP contribution in [0.3, 0.4) is 0 Å². The Morgan fingerprint density at radius 1 is 0.875 bits per heavy atom. The van der Waals surface area contributed by atoms with Crippen molar-refractivity contribution in [1.29, 1.82) is 0 Å². The molecule has 1 aliphatic rings. The van der Waals surface area contributed by atoms with E-state index in [1.807, 2.05) is 0 Å². The second-order valence-electron chi connectivity index (χ2n) is 4.27. The first-order chi connectivity index (χ1) is 7.93. The van der Waals surface area contributed by atoms with Crippen LogP contribution >= 0.6 is 0 Å². The summed E-state index contributed by atoms with van der Waals surface area (Å²) in [6.07, 6.45) is 2.45. The van der Waals surface area contributed by atoms with Gasteiger partial charge in [0, 0.05) is 12.2 Å². The fraction of sp³-hybridized carbons (Fsp3) is 0.200. The molecule has 1 N–H and O–H groups in total. The first-order valence-corrected chi connectivity index (χ1v) is 5.86. The van der Waals surface area contributed by atoms with Crippen LogP contribution in [-0.4, -0.2) is 6.54 Å². The van der Waals surface area contributed by atoms with Crippen molar-refractivity contribution >= 4 is 5.69 Å². The van der Waals surface area contributed by atoms with Crippen molar-refractivity contribution in [3.05, 3.63) is 54.1 Å².